The summed E-state index contributed by atoms with van der Waals surface area (Å²) in [5.41, 5.74) is 4.85. The Hall–Kier alpha value is -4.65. The molecule has 1 aliphatic heterocycles. The Morgan fingerprint density at radius 1 is 1.03 bits per heavy atom. The van der Waals surface area contributed by atoms with E-state index in [0.717, 1.165) is 29.3 Å². The quantitative estimate of drug-likeness (QED) is 0.259. The molecule has 7 nitrogen and oxygen atoms in total. The fraction of sp³-hybridized carbons (Fsp3) is 0.219. The number of rotatable bonds is 4. The zero-order chi connectivity index (χ0) is 26.8. The number of methoxy groups -OCH3 is 1. The van der Waals surface area contributed by atoms with E-state index in [1.807, 2.05) is 12.3 Å². The first-order valence-corrected chi connectivity index (χ1v) is 13.1. The summed E-state index contributed by atoms with van der Waals surface area (Å²) in [5, 5.41) is 35.5. The highest BCUT2D eigenvalue weighted by molar-refractivity contribution is 6.09. The van der Waals surface area contributed by atoms with Crippen LogP contribution in [-0.2, 0) is 12.8 Å². The molecule has 4 N–H and O–H groups in total. The molecule has 1 unspecified atom stereocenters. The molecule has 0 spiro atoms. The molecule has 0 bridgehead atoms. The normalized spacial score (nSPS) is 18.2. The van der Waals surface area contributed by atoms with Crippen LogP contribution in [0.5, 0.6) is 28.7 Å². The van der Waals surface area contributed by atoms with Crippen molar-refractivity contribution in [2.75, 3.05) is 7.11 Å². The van der Waals surface area contributed by atoms with Gasteiger partial charge in [0.2, 0.25) is 5.75 Å². The first-order chi connectivity index (χ1) is 18.9. The molecule has 39 heavy (non-hydrogen) atoms. The van der Waals surface area contributed by atoms with Crippen LogP contribution in [0.25, 0.3) is 21.7 Å². The van der Waals surface area contributed by atoms with Crippen molar-refractivity contribution < 1.29 is 29.6 Å². The van der Waals surface area contributed by atoms with Gasteiger partial charge in [0.1, 0.15) is 24.0 Å². The lowest BCUT2D eigenvalue weighted by molar-refractivity contribution is 0.196. The van der Waals surface area contributed by atoms with Gasteiger partial charge >= 0.3 is 5.78 Å². The van der Waals surface area contributed by atoms with Gasteiger partial charge in [0.15, 0.2) is 17.1 Å². The van der Waals surface area contributed by atoms with E-state index < -0.39 is 6.10 Å². The molecule has 0 amide bonds. The Bertz CT molecular complexity index is 1790. The predicted molar refractivity (Wildman–Crippen MR) is 148 cm³/mol. The maximum absolute atomic E-state index is 11.3. The third kappa shape index (κ3) is 3.53. The van der Waals surface area contributed by atoms with E-state index in [-0.39, 0.29) is 52.4 Å². The van der Waals surface area contributed by atoms with E-state index >= 15 is 0 Å². The van der Waals surface area contributed by atoms with Crippen LogP contribution in [0.4, 0.5) is 0 Å². The second-order valence-corrected chi connectivity index (χ2v) is 10.4. The number of phenolic OH excluding ortho intramolecular Hbond substituents is 3. The average molecular weight is 522 g/mol. The van der Waals surface area contributed by atoms with Crippen LogP contribution in [-0.4, -0.2) is 33.0 Å². The maximum atomic E-state index is 11.3. The van der Waals surface area contributed by atoms with Gasteiger partial charge in [-0.15, -0.1) is 5.52 Å². The molecule has 5 aromatic rings. The summed E-state index contributed by atoms with van der Waals surface area (Å²) in [6.45, 7) is 0. The maximum Gasteiger partial charge on any atom is 0.335 e. The van der Waals surface area contributed by atoms with Crippen LogP contribution in [0.3, 0.4) is 0 Å². The Morgan fingerprint density at radius 2 is 1.85 bits per heavy atom. The van der Waals surface area contributed by atoms with Crippen molar-refractivity contribution in [2.24, 2.45) is 0 Å². The predicted octanol–water partition coefficient (Wildman–Crippen LogP) is 5.76. The number of aromatic nitrogens is 1. The van der Waals surface area contributed by atoms with Gasteiger partial charge in [-0.1, -0.05) is 42.5 Å². The van der Waals surface area contributed by atoms with Crippen LogP contribution in [0.1, 0.15) is 52.7 Å². The van der Waals surface area contributed by atoms with E-state index in [1.54, 1.807) is 24.3 Å². The first kappa shape index (κ1) is 23.5. The Balaban J connectivity index is 1.36. The fourth-order valence-electron chi connectivity index (χ4n) is 6.41. The van der Waals surface area contributed by atoms with Gasteiger partial charge in [0, 0.05) is 5.56 Å². The number of ketones is 1. The van der Waals surface area contributed by atoms with Gasteiger partial charge in [-0.05, 0) is 70.2 Å². The number of carbonyl (C=O) groups excluding carboxylic acids is 1. The van der Waals surface area contributed by atoms with Crippen molar-refractivity contribution in [3.63, 3.8) is 0 Å². The summed E-state index contributed by atoms with van der Waals surface area (Å²) >= 11 is 0. The minimum atomic E-state index is -0.558. The minimum Gasteiger partial charge on any atom is -0.664 e. The molecule has 0 fully saturated rings. The molecule has 1 aliphatic carbocycles. The van der Waals surface area contributed by atoms with Crippen molar-refractivity contribution in [1.82, 2.24) is 4.98 Å². The van der Waals surface area contributed by atoms with Crippen molar-refractivity contribution in [3.8, 4) is 28.7 Å². The highest BCUT2D eigenvalue weighted by Crippen LogP contribution is 2.53. The molecule has 0 radical (unpaired) electrons. The Labute approximate surface area is 224 Å². The largest absolute Gasteiger partial charge is 0.664 e. The number of phenols is 3. The summed E-state index contributed by atoms with van der Waals surface area (Å²) in [4.78, 5) is 15.6. The number of hydrogen-bond donors (Lipinski definition) is 3. The lowest BCUT2D eigenvalue weighted by atomic mass is 9.77. The summed E-state index contributed by atoms with van der Waals surface area (Å²) in [5.74, 6) is -0.231. The van der Waals surface area contributed by atoms with Crippen molar-refractivity contribution in [3.05, 3.63) is 88.6 Å². The molecule has 7 heteroatoms. The molecule has 196 valence electrons. The van der Waals surface area contributed by atoms with Gasteiger partial charge in [0.25, 0.3) is 0 Å². The van der Waals surface area contributed by atoms with Gasteiger partial charge in [0.05, 0.1) is 7.11 Å². The second kappa shape index (κ2) is 8.70. The topological polar surface area (TPSA) is 115 Å². The van der Waals surface area contributed by atoms with Crippen LogP contribution in [0, 0.1) is 0 Å². The molecule has 7 rings (SSSR count). The third-order valence-corrected chi connectivity index (χ3v) is 8.25. The number of aryl methyl sites for hydroxylation is 1. The molecule has 1 aromatic heterocycles. The van der Waals surface area contributed by atoms with E-state index in [1.165, 1.54) is 29.0 Å². The number of benzene rings is 4. The van der Waals surface area contributed by atoms with Crippen molar-refractivity contribution >= 4 is 27.5 Å². The minimum absolute atomic E-state index is 0.0476. The Kier molecular flexibility index (Phi) is 5.23. The van der Waals surface area contributed by atoms with E-state index in [4.69, 9.17) is 9.47 Å². The summed E-state index contributed by atoms with van der Waals surface area (Å²) in [6.07, 6.45) is 3.56. The third-order valence-electron chi connectivity index (χ3n) is 8.25. The van der Waals surface area contributed by atoms with Crippen LogP contribution >= 0.6 is 0 Å². The zero-order valence-corrected chi connectivity index (χ0v) is 21.3. The van der Waals surface area contributed by atoms with Gasteiger partial charge in [-0.2, -0.15) is 6.20 Å². The molecular weight excluding hydrogens is 494 g/mol. The molecule has 4 aromatic carbocycles. The van der Waals surface area contributed by atoms with E-state index in [0.29, 0.717) is 12.0 Å². The smallest absolute Gasteiger partial charge is 0.335 e. The van der Waals surface area contributed by atoms with Crippen molar-refractivity contribution in [2.45, 2.75) is 37.7 Å². The molecule has 0 saturated heterocycles. The van der Waals surface area contributed by atoms with Crippen molar-refractivity contribution in [1.29, 1.82) is 0 Å². The van der Waals surface area contributed by atoms with Crippen LogP contribution in [0.15, 0.2) is 60.8 Å². The Morgan fingerprint density at radius 3 is 2.64 bits per heavy atom. The summed E-state index contributed by atoms with van der Waals surface area (Å²) < 4.78 is 11.8. The van der Waals surface area contributed by atoms with Crippen LogP contribution in [0.2, 0.25) is 0 Å². The van der Waals surface area contributed by atoms with Gasteiger partial charge < -0.3 is 29.8 Å². The molecule has 2 atom stereocenters. The highest BCUT2D eigenvalue weighted by Gasteiger charge is 2.40. The highest BCUT2D eigenvalue weighted by atomic mass is 16.5. The summed E-state index contributed by atoms with van der Waals surface area (Å²) in [6, 6.07) is 17.2. The molecule has 2 aliphatic rings. The van der Waals surface area contributed by atoms with E-state index in [2.05, 4.69) is 29.2 Å². The number of ether oxygens (including phenoxy) is 2. The first-order valence-electron chi connectivity index (χ1n) is 13.1. The monoisotopic (exact) mass is 521 g/mol. The average Bonchev–Trinajstić information content (AvgIpc) is 3.41. The molecular formula is C32H27NO6. The second-order valence-electron chi connectivity index (χ2n) is 10.4. The van der Waals surface area contributed by atoms with Gasteiger partial charge in [-0.25, -0.2) is 0 Å². The zero-order valence-electron chi connectivity index (χ0n) is 21.3. The van der Waals surface area contributed by atoms with Gasteiger partial charge in [-0.3, -0.25) is 4.79 Å². The number of aromatic hydroxyl groups is 3. The standard InChI is InChI=1S/C32H26NO6/c1-38-32-29(36)23(31-28(30(32)37)25(35)15-26(39-31)16-7-9-19(34)10-8-16)13-17-5-6-18-14-24-21(11-12-33-24)22-4-2-3-20(17)27(18)22/h2-4,7-12,14,17,26,34H,5-6,13,15H2,1H3,(H2,35,36,37)/q-1/p+1/t17-,26?/m0/s1. The number of hydrogen-bond acceptors (Lipinski definition) is 5. The number of fused-ring (bicyclic) bond motifs is 3. The molecule has 2 heterocycles. The fourth-order valence-corrected chi connectivity index (χ4v) is 6.41. The number of nitrogens with zero attached hydrogens (tertiary/aromatic N) is 1. The molecule has 0 saturated carbocycles. The lowest BCUT2D eigenvalue weighted by Crippen LogP contribution is -2.23. The van der Waals surface area contributed by atoms with E-state index in [9.17, 15) is 20.1 Å². The lowest BCUT2D eigenvalue weighted by Gasteiger charge is -2.30. The summed E-state index contributed by atoms with van der Waals surface area (Å²) in [7, 11) is 1.38. The SMILES string of the molecule is COc1c(O)c(C[C@@H]2CCc3cc4[n-]ccc4c4cccc2c34)c2c(c1O)C(=[OH+])CC(c1ccc(O)cc1)O2. The van der Waals surface area contributed by atoms with Crippen LogP contribution < -0.4 is 14.5 Å².